The number of allylic oxidation sites excluding steroid dienone is 5. The molecule has 4 rings (SSSR count). The first-order valence-electron chi connectivity index (χ1n) is 28.2. The van der Waals surface area contributed by atoms with E-state index in [4.69, 9.17) is 49.4 Å². The number of methoxy groups -OCH3 is 2. The molecular formula is C57H94N4O17. The van der Waals surface area contributed by atoms with E-state index in [1.807, 2.05) is 51.2 Å². The summed E-state index contributed by atoms with van der Waals surface area (Å²) in [5, 5.41) is 48.6. The second-order valence-electron chi connectivity index (χ2n) is 21.7. The van der Waals surface area contributed by atoms with Gasteiger partial charge in [-0.15, -0.1) is 0 Å². The average molecular weight is 1110 g/mol. The number of amides is 2. The number of hydrogen-bond acceptors (Lipinski definition) is 19. The lowest BCUT2D eigenvalue weighted by atomic mass is 9.80. The zero-order valence-electron chi connectivity index (χ0n) is 47.5. The van der Waals surface area contributed by atoms with Gasteiger partial charge in [-0.25, -0.2) is 9.59 Å². The van der Waals surface area contributed by atoms with Crippen LogP contribution in [0.25, 0.3) is 0 Å². The van der Waals surface area contributed by atoms with E-state index in [-0.39, 0.29) is 62.9 Å². The number of alkyl carbamates (subject to hydrolysis) is 1. The predicted octanol–water partition coefficient (Wildman–Crippen LogP) is 3.71. The van der Waals surface area contributed by atoms with Crippen molar-refractivity contribution in [2.45, 2.75) is 185 Å². The second kappa shape index (κ2) is 33.6. The van der Waals surface area contributed by atoms with Gasteiger partial charge in [0.05, 0.1) is 57.5 Å². The Balaban J connectivity index is 1.56. The molecule has 1 aliphatic carbocycles. The molecule has 16 atom stereocenters. The van der Waals surface area contributed by atoms with Crippen molar-refractivity contribution in [2.24, 2.45) is 41.1 Å². The topological polar surface area (TPSA) is 307 Å². The zero-order valence-corrected chi connectivity index (χ0v) is 47.5. The lowest BCUT2D eigenvalue weighted by Crippen LogP contribution is -2.61. The molecule has 0 radical (unpaired) electrons. The van der Waals surface area contributed by atoms with Crippen LogP contribution in [-0.2, 0) is 57.1 Å². The molecule has 21 heteroatoms. The smallest absolute Gasteiger partial charge is 0.407 e. The molecule has 3 aliphatic heterocycles. The van der Waals surface area contributed by atoms with Crippen LogP contribution in [0.1, 0.15) is 119 Å². The number of cyclic esters (lactones) is 1. The Labute approximate surface area is 461 Å². The molecule has 2 amide bonds. The maximum atomic E-state index is 14.5. The summed E-state index contributed by atoms with van der Waals surface area (Å²) < 4.78 is 46.0. The summed E-state index contributed by atoms with van der Waals surface area (Å²) in [4.78, 5) is 70.5. The van der Waals surface area contributed by atoms with Crippen LogP contribution in [0.2, 0.25) is 0 Å². The van der Waals surface area contributed by atoms with Crippen molar-refractivity contribution in [1.29, 1.82) is 0 Å². The standard InChI is InChI=1S/C57H94N4O17/c1-9-73-25-26-75-28-27-74-24-22-60-56(69)77-46-21-19-40(32-49(46)72-8)31-42(58)48-34-45(62)37(4)30-43(59)51(64)52(65)50(63)38(5)29-35(2)15-11-10-12-16-36(3)47(71-7)33-41-20-18-39(6)57(70,78-41)53(66)54(67)61-23-14-13-17-44(61)55(68)76-48/h10-12,15-16,30,35,37-42,44-49,51-52,62,64-65,70H,9,13-14,17-29,31-34,58-59H2,1-8H3,(H,60,69)/b12-10+,15-11+,36-16+,43-30-/t35-,37-,38-,39-,40+,41+,42-,44+,45?,46-,47+,48+,49-,51-,52+,57-/m1/s1. The minimum absolute atomic E-state index is 0.0200. The van der Waals surface area contributed by atoms with Crippen LogP contribution >= 0.6 is 0 Å². The van der Waals surface area contributed by atoms with Crippen molar-refractivity contribution >= 4 is 29.5 Å². The monoisotopic (exact) mass is 1110 g/mol. The quantitative estimate of drug-likeness (QED) is 0.0658. The van der Waals surface area contributed by atoms with Crippen LogP contribution in [0, 0.1) is 29.6 Å². The number of aliphatic hydroxyl groups excluding tert-OH is 3. The van der Waals surface area contributed by atoms with Crippen molar-refractivity contribution in [3.63, 3.8) is 0 Å². The van der Waals surface area contributed by atoms with Gasteiger partial charge in [-0.2, -0.15) is 0 Å². The molecule has 1 saturated carbocycles. The van der Waals surface area contributed by atoms with Crippen LogP contribution in [0.15, 0.2) is 47.7 Å². The van der Waals surface area contributed by atoms with Gasteiger partial charge >= 0.3 is 12.1 Å². The summed E-state index contributed by atoms with van der Waals surface area (Å²) in [5.74, 6) is -8.67. The van der Waals surface area contributed by atoms with Crippen molar-refractivity contribution in [3.8, 4) is 0 Å². The number of nitrogens with zero attached hydrogens (tertiary/aromatic N) is 1. The molecule has 444 valence electrons. The zero-order chi connectivity index (χ0) is 57.5. The van der Waals surface area contributed by atoms with Crippen molar-refractivity contribution in [1.82, 2.24) is 10.2 Å². The molecule has 0 aromatic carbocycles. The number of fused-ring (bicyclic) bond motifs is 3. The van der Waals surface area contributed by atoms with Crippen LogP contribution < -0.4 is 16.8 Å². The van der Waals surface area contributed by atoms with Gasteiger partial charge in [0.2, 0.25) is 5.79 Å². The van der Waals surface area contributed by atoms with E-state index in [1.54, 1.807) is 27.9 Å². The number of carbonyl (C=O) groups is 5. The number of rotatable bonds is 16. The number of Topliss-reactive ketones (excluding diaryl/α,β-unsaturated/α-hetero) is 2. The molecule has 0 aromatic heterocycles. The van der Waals surface area contributed by atoms with Crippen molar-refractivity contribution in [3.05, 3.63) is 47.7 Å². The Morgan fingerprint density at radius 3 is 2.24 bits per heavy atom. The number of aliphatic hydroxyl groups is 4. The number of nitrogens with one attached hydrogen (secondary N) is 1. The minimum atomic E-state index is -2.49. The first-order valence-corrected chi connectivity index (χ1v) is 28.2. The number of nitrogens with two attached hydrogens (primary N) is 2. The van der Waals surface area contributed by atoms with Crippen LogP contribution in [0.4, 0.5) is 4.79 Å². The van der Waals surface area contributed by atoms with E-state index in [0.29, 0.717) is 84.4 Å². The SMILES string of the molecule is CCOCCOCCOCCNC(=O)O[C@@H]1CC[C@@H](C[C@@H](N)[C@@H]2CC(O)[C@H](C)/C=C(\N)[C@@H](O)[C@@H](O)C(=O)[C@H](C)C[C@H](C)/C=C/C=C/C=C(\C)[C@@H](OC)C[C@@H]3CC[C@@H](C)[C@@](O)(O3)C(=O)C(=O)N3CCCC[C@H]3C(=O)O2)C[C@H]1OC. The summed E-state index contributed by atoms with van der Waals surface area (Å²) in [7, 11) is 3.07. The normalized spacial score (nSPS) is 36.4. The number of carbonyl (C=O) groups excluding carboxylic acids is 5. The largest absolute Gasteiger partial charge is 0.459 e. The molecule has 2 saturated heterocycles. The molecule has 0 spiro atoms. The number of ketones is 2. The molecule has 1 unspecified atom stereocenters. The van der Waals surface area contributed by atoms with Crippen LogP contribution in [-0.4, -0.2) is 189 Å². The minimum Gasteiger partial charge on any atom is -0.459 e. The highest BCUT2D eigenvalue weighted by Crippen LogP contribution is 2.37. The Hall–Kier alpha value is -4.13. The molecule has 3 heterocycles. The molecule has 2 bridgehead atoms. The van der Waals surface area contributed by atoms with Gasteiger partial charge in [-0.1, -0.05) is 64.2 Å². The molecule has 9 N–H and O–H groups in total. The van der Waals surface area contributed by atoms with E-state index in [9.17, 15) is 44.4 Å². The van der Waals surface area contributed by atoms with E-state index >= 15 is 0 Å². The fourth-order valence-corrected chi connectivity index (χ4v) is 10.7. The van der Waals surface area contributed by atoms with Gasteiger partial charge in [-0.3, -0.25) is 14.4 Å². The maximum absolute atomic E-state index is 14.5. The van der Waals surface area contributed by atoms with Gasteiger partial charge in [0.15, 0.2) is 5.78 Å². The lowest BCUT2D eigenvalue weighted by molar-refractivity contribution is -0.265. The third-order valence-electron chi connectivity index (χ3n) is 15.7. The summed E-state index contributed by atoms with van der Waals surface area (Å²) >= 11 is 0. The third-order valence-corrected chi connectivity index (χ3v) is 15.7. The highest BCUT2D eigenvalue weighted by molar-refractivity contribution is 6.39. The summed E-state index contributed by atoms with van der Waals surface area (Å²) in [5.41, 5.74) is 13.8. The number of hydrogen-bond donors (Lipinski definition) is 7. The Kier molecular flexibility index (Phi) is 28.6. The van der Waals surface area contributed by atoms with Crippen molar-refractivity contribution < 1.29 is 82.3 Å². The van der Waals surface area contributed by atoms with E-state index < -0.39 is 114 Å². The second-order valence-corrected chi connectivity index (χ2v) is 21.7. The van der Waals surface area contributed by atoms with Crippen molar-refractivity contribution in [2.75, 3.05) is 67.0 Å². The molecular weight excluding hydrogens is 1010 g/mol. The predicted molar refractivity (Wildman–Crippen MR) is 289 cm³/mol. The summed E-state index contributed by atoms with van der Waals surface area (Å²) in [6, 6.07) is -2.15. The fraction of sp³-hybridized carbons (Fsp3) is 0.772. The average Bonchev–Trinajstić information content (AvgIpc) is 3.51. The molecule has 21 nitrogen and oxygen atoms in total. The first-order chi connectivity index (χ1) is 37.1. The van der Waals surface area contributed by atoms with Gasteiger partial charge in [-0.05, 0) is 95.5 Å². The van der Waals surface area contributed by atoms with Gasteiger partial charge in [0.1, 0.15) is 30.5 Å². The number of ether oxygens (including phenoxy) is 8. The lowest BCUT2D eigenvalue weighted by Gasteiger charge is -2.42. The van der Waals surface area contributed by atoms with Crippen LogP contribution in [0.3, 0.4) is 0 Å². The van der Waals surface area contributed by atoms with Gasteiger partial charge < -0.3 is 80.0 Å². The van der Waals surface area contributed by atoms with Crippen LogP contribution in [0.5, 0.6) is 0 Å². The van der Waals surface area contributed by atoms with E-state index in [1.165, 1.54) is 13.2 Å². The third kappa shape index (κ3) is 20.1. The van der Waals surface area contributed by atoms with Gasteiger partial charge in [0, 0.05) is 76.3 Å². The molecule has 0 aromatic rings. The molecule has 78 heavy (non-hydrogen) atoms. The van der Waals surface area contributed by atoms with Gasteiger partial charge in [0.25, 0.3) is 11.7 Å². The highest BCUT2D eigenvalue weighted by atomic mass is 16.6. The first kappa shape index (κ1) is 66.4. The number of esters is 1. The summed E-state index contributed by atoms with van der Waals surface area (Å²) in [6.07, 6.45) is 5.76. The molecule has 4 aliphatic rings. The Bertz CT molecular complexity index is 2020. The fourth-order valence-electron chi connectivity index (χ4n) is 10.7. The van der Waals surface area contributed by atoms with E-state index in [0.717, 1.165) is 10.5 Å². The number of piperidine rings is 1. The summed E-state index contributed by atoms with van der Waals surface area (Å²) in [6.45, 7) is 13.5. The maximum Gasteiger partial charge on any atom is 0.407 e. The Morgan fingerprint density at radius 2 is 1.55 bits per heavy atom. The van der Waals surface area contributed by atoms with E-state index in [2.05, 4.69) is 5.32 Å². The Morgan fingerprint density at radius 1 is 0.846 bits per heavy atom. The molecule has 3 fully saturated rings. The highest BCUT2D eigenvalue weighted by Gasteiger charge is 2.53.